The predicted molar refractivity (Wildman–Crippen MR) is 70.1 cm³/mol. The highest BCUT2D eigenvalue weighted by Gasteiger charge is 2.32. The largest absolute Gasteiger partial charge is 0.472 e. The molecule has 18 heavy (non-hydrogen) atoms. The molecule has 0 N–H and O–H groups in total. The van der Waals surface area contributed by atoms with Crippen molar-refractivity contribution in [1.82, 2.24) is 9.78 Å². The number of rotatable bonds is 1. The Morgan fingerprint density at radius 3 is 2.56 bits per heavy atom. The smallest absolute Gasteiger partial charge is 0.227 e. The molecule has 0 radical (unpaired) electrons. The van der Waals surface area contributed by atoms with Crippen LogP contribution in [0, 0.1) is 5.82 Å². The third-order valence-corrected chi connectivity index (χ3v) is 4.01. The summed E-state index contributed by atoms with van der Waals surface area (Å²) >= 11 is 3.51. The summed E-state index contributed by atoms with van der Waals surface area (Å²) in [6, 6.07) is 6.49. The third kappa shape index (κ3) is 1.65. The van der Waals surface area contributed by atoms with Crippen LogP contribution in [-0.4, -0.2) is 15.9 Å². The van der Waals surface area contributed by atoms with Gasteiger partial charge in [0, 0.05) is 5.56 Å². The van der Waals surface area contributed by atoms with E-state index in [1.165, 1.54) is 12.1 Å². The molecule has 0 saturated carbocycles. The lowest BCUT2D eigenvalue weighted by atomic mass is 10.1. The van der Waals surface area contributed by atoms with E-state index in [-0.39, 0.29) is 18.0 Å². The molecule has 1 aliphatic rings. The zero-order chi connectivity index (χ0) is 12.9. The Hall–Kier alpha value is -1.36. The highest BCUT2D eigenvalue weighted by Crippen LogP contribution is 2.42. The van der Waals surface area contributed by atoms with Crippen molar-refractivity contribution in [2.75, 3.05) is 0 Å². The van der Waals surface area contributed by atoms with Gasteiger partial charge >= 0.3 is 0 Å². The Morgan fingerprint density at radius 1 is 1.28 bits per heavy atom. The molecule has 3 rings (SSSR count). The maximum atomic E-state index is 12.9. The minimum Gasteiger partial charge on any atom is -0.472 e. The number of aromatic nitrogens is 2. The standard InChI is InChI=1S/C13H12BrFN2O/c1-7-8(2)18-13-11(14)12(16-17(7)13)9-3-5-10(15)6-4-9/h3-8H,1-2H3/t7-,8+/m1/s1. The van der Waals surface area contributed by atoms with Crippen LogP contribution in [0.25, 0.3) is 11.3 Å². The van der Waals surface area contributed by atoms with E-state index in [0.29, 0.717) is 0 Å². The number of halogens is 2. The summed E-state index contributed by atoms with van der Waals surface area (Å²) in [6.07, 6.45) is 0.117. The average molecular weight is 311 g/mol. The summed E-state index contributed by atoms with van der Waals surface area (Å²) < 4.78 is 21.4. The molecule has 2 aromatic rings. The SMILES string of the molecule is C[C@@H]1Oc2c(Br)c(-c3ccc(F)cc3)nn2[C@@H]1C. The van der Waals surface area contributed by atoms with Crippen molar-refractivity contribution >= 4 is 15.9 Å². The topological polar surface area (TPSA) is 27.1 Å². The third-order valence-electron chi connectivity index (χ3n) is 3.29. The Kier molecular flexibility index (Phi) is 2.66. The Labute approximate surface area is 113 Å². The second-order valence-corrected chi connectivity index (χ2v) is 5.28. The Balaban J connectivity index is 2.08. The quantitative estimate of drug-likeness (QED) is 0.801. The zero-order valence-corrected chi connectivity index (χ0v) is 11.6. The van der Waals surface area contributed by atoms with Crippen LogP contribution in [0.3, 0.4) is 0 Å². The summed E-state index contributed by atoms with van der Waals surface area (Å²) in [6.45, 7) is 4.08. The van der Waals surface area contributed by atoms with Crippen LogP contribution in [0.15, 0.2) is 28.7 Å². The molecule has 0 spiro atoms. The van der Waals surface area contributed by atoms with Crippen LogP contribution in [-0.2, 0) is 0 Å². The van der Waals surface area contributed by atoms with Crippen LogP contribution in [0.2, 0.25) is 0 Å². The molecule has 0 saturated heterocycles. The molecule has 0 amide bonds. The summed E-state index contributed by atoms with van der Waals surface area (Å²) in [5, 5.41) is 4.54. The lowest BCUT2D eigenvalue weighted by Crippen LogP contribution is -2.15. The van der Waals surface area contributed by atoms with Crippen molar-refractivity contribution in [2.24, 2.45) is 0 Å². The van der Waals surface area contributed by atoms with Crippen molar-refractivity contribution in [1.29, 1.82) is 0 Å². The molecule has 1 aliphatic heterocycles. The minimum absolute atomic E-state index is 0.117. The van der Waals surface area contributed by atoms with Crippen LogP contribution < -0.4 is 4.74 Å². The molecule has 1 aromatic carbocycles. The first kappa shape index (κ1) is 11.7. The van der Waals surface area contributed by atoms with Crippen molar-refractivity contribution in [3.05, 3.63) is 34.6 Å². The lowest BCUT2D eigenvalue weighted by molar-refractivity contribution is 0.225. The highest BCUT2D eigenvalue weighted by atomic mass is 79.9. The van der Waals surface area contributed by atoms with Crippen LogP contribution >= 0.6 is 15.9 Å². The van der Waals surface area contributed by atoms with Gasteiger partial charge in [-0.3, -0.25) is 0 Å². The maximum Gasteiger partial charge on any atom is 0.227 e. The minimum atomic E-state index is -0.250. The summed E-state index contributed by atoms with van der Waals surface area (Å²) in [5.74, 6) is 0.495. The molecule has 3 nitrogen and oxygen atoms in total. The van der Waals surface area contributed by atoms with Gasteiger partial charge in [0.15, 0.2) is 0 Å². The first-order valence-corrected chi connectivity index (χ1v) is 6.58. The van der Waals surface area contributed by atoms with Gasteiger partial charge in [-0.1, -0.05) is 0 Å². The van der Waals surface area contributed by atoms with Gasteiger partial charge in [-0.2, -0.15) is 5.10 Å². The fraction of sp³-hybridized carbons (Fsp3) is 0.308. The van der Waals surface area contributed by atoms with Crippen molar-refractivity contribution in [2.45, 2.75) is 26.0 Å². The number of nitrogens with zero attached hydrogens (tertiary/aromatic N) is 2. The van der Waals surface area contributed by atoms with Crippen LogP contribution in [0.4, 0.5) is 4.39 Å². The van der Waals surface area contributed by atoms with E-state index in [1.54, 1.807) is 12.1 Å². The van der Waals surface area contributed by atoms with E-state index in [1.807, 2.05) is 11.6 Å². The average Bonchev–Trinajstić information content (AvgIpc) is 2.81. The summed E-state index contributed by atoms with van der Waals surface area (Å²) in [4.78, 5) is 0. The molecule has 0 bridgehead atoms. The monoisotopic (exact) mass is 310 g/mol. The van der Waals surface area contributed by atoms with Gasteiger partial charge in [0.1, 0.15) is 22.1 Å². The summed E-state index contributed by atoms with van der Waals surface area (Å²) in [5.41, 5.74) is 1.65. The van der Waals surface area contributed by atoms with Gasteiger partial charge in [0.05, 0.1) is 6.04 Å². The lowest BCUT2D eigenvalue weighted by Gasteiger charge is -2.09. The molecular weight excluding hydrogens is 299 g/mol. The Morgan fingerprint density at radius 2 is 1.94 bits per heavy atom. The Bertz CT molecular complexity index is 594. The van der Waals surface area contributed by atoms with E-state index in [4.69, 9.17) is 4.74 Å². The van der Waals surface area contributed by atoms with E-state index >= 15 is 0 Å². The predicted octanol–water partition coefficient (Wildman–Crippen LogP) is 3.79. The van der Waals surface area contributed by atoms with Gasteiger partial charge in [-0.05, 0) is 54.0 Å². The number of ether oxygens (including phenoxy) is 1. The summed E-state index contributed by atoms with van der Waals surface area (Å²) in [7, 11) is 0. The van der Waals surface area contributed by atoms with Crippen LogP contribution in [0.5, 0.6) is 5.88 Å². The number of benzene rings is 1. The second kappa shape index (κ2) is 4.09. The van der Waals surface area contributed by atoms with Crippen molar-refractivity contribution < 1.29 is 9.13 Å². The number of fused-ring (bicyclic) bond motifs is 1. The van der Waals surface area contributed by atoms with Gasteiger partial charge in [0.25, 0.3) is 0 Å². The second-order valence-electron chi connectivity index (χ2n) is 4.48. The molecular formula is C13H12BrFN2O. The molecule has 1 aromatic heterocycles. The molecule has 0 unspecified atom stereocenters. The fourth-order valence-electron chi connectivity index (χ4n) is 2.05. The first-order valence-electron chi connectivity index (χ1n) is 5.78. The van der Waals surface area contributed by atoms with Gasteiger partial charge in [-0.15, -0.1) is 0 Å². The van der Waals surface area contributed by atoms with E-state index in [2.05, 4.69) is 28.0 Å². The van der Waals surface area contributed by atoms with Gasteiger partial charge in [0.2, 0.25) is 5.88 Å². The molecule has 2 atom stereocenters. The molecule has 0 aliphatic carbocycles. The van der Waals surface area contributed by atoms with Crippen molar-refractivity contribution in [3.63, 3.8) is 0 Å². The zero-order valence-electron chi connectivity index (χ0n) is 10.0. The number of hydrogen-bond acceptors (Lipinski definition) is 2. The van der Waals surface area contributed by atoms with E-state index < -0.39 is 0 Å². The first-order chi connectivity index (χ1) is 8.58. The fourth-order valence-corrected chi connectivity index (χ4v) is 2.63. The van der Waals surface area contributed by atoms with Gasteiger partial charge in [-0.25, -0.2) is 9.07 Å². The molecule has 5 heteroatoms. The van der Waals surface area contributed by atoms with E-state index in [0.717, 1.165) is 21.6 Å². The van der Waals surface area contributed by atoms with Crippen LogP contribution in [0.1, 0.15) is 19.9 Å². The van der Waals surface area contributed by atoms with Crippen molar-refractivity contribution in [3.8, 4) is 17.1 Å². The van der Waals surface area contributed by atoms with Gasteiger partial charge < -0.3 is 4.74 Å². The normalized spacial score (nSPS) is 21.8. The molecule has 0 fully saturated rings. The maximum absolute atomic E-state index is 12.9. The number of hydrogen-bond donors (Lipinski definition) is 0. The molecule has 94 valence electrons. The van der Waals surface area contributed by atoms with E-state index in [9.17, 15) is 4.39 Å². The highest BCUT2D eigenvalue weighted by molar-refractivity contribution is 9.10. The molecule has 2 heterocycles.